The van der Waals surface area contributed by atoms with Crippen LogP contribution in [0.5, 0.6) is 0 Å². The highest BCUT2D eigenvalue weighted by atomic mass is 16.5. The normalized spacial score (nSPS) is 22.8. The number of carboxylic acid groups (broad SMARTS) is 1. The van der Waals surface area contributed by atoms with Crippen LogP contribution < -0.4 is 10.5 Å². The predicted octanol–water partition coefficient (Wildman–Crippen LogP) is 0.327. The molecule has 1 aliphatic carbocycles. The molecule has 2 N–H and O–H groups in total. The topological polar surface area (TPSA) is 95.5 Å². The summed E-state index contributed by atoms with van der Waals surface area (Å²) in [5, 5.41) is 8.97. The maximum absolute atomic E-state index is 11.7. The molecule has 1 unspecified atom stereocenters. The number of anilines is 1. The maximum Gasteiger partial charge on any atom is 0.305 e. The Hall–Kier alpha value is -1.89. The van der Waals surface area contributed by atoms with Gasteiger partial charge in [-0.1, -0.05) is 0 Å². The minimum absolute atomic E-state index is 0.0206. The van der Waals surface area contributed by atoms with Crippen molar-refractivity contribution in [3.63, 3.8) is 0 Å². The van der Waals surface area contributed by atoms with E-state index in [0.717, 1.165) is 12.8 Å². The van der Waals surface area contributed by atoms with Crippen molar-refractivity contribution in [2.75, 3.05) is 24.7 Å². The lowest BCUT2D eigenvalue weighted by Gasteiger charge is -2.35. The summed E-state index contributed by atoms with van der Waals surface area (Å²) in [6.45, 7) is 1.42. The van der Waals surface area contributed by atoms with Crippen molar-refractivity contribution >= 4 is 11.8 Å². The minimum Gasteiger partial charge on any atom is -0.481 e. The zero-order chi connectivity index (χ0) is 14.1. The Morgan fingerprint density at radius 1 is 1.55 bits per heavy atom. The molecule has 1 saturated heterocycles. The van der Waals surface area contributed by atoms with Gasteiger partial charge in [-0.25, -0.2) is 4.98 Å². The lowest BCUT2D eigenvalue weighted by Crippen LogP contribution is -2.47. The average molecular weight is 279 g/mol. The van der Waals surface area contributed by atoms with Crippen LogP contribution in [-0.4, -0.2) is 46.8 Å². The van der Waals surface area contributed by atoms with Crippen molar-refractivity contribution in [2.24, 2.45) is 0 Å². The molecule has 7 heteroatoms. The van der Waals surface area contributed by atoms with Crippen LogP contribution in [0.3, 0.4) is 0 Å². The number of rotatable bonds is 4. The third-order valence-corrected chi connectivity index (χ3v) is 3.64. The highest BCUT2D eigenvalue weighted by molar-refractivity contribution is 5.68. The van der Waals surface area contributed by atoms with Gasteiger partial charge in [-0.15, -0.1) is 0 Å². The second-order valence-electron chi connectivity index (χ2n) is 5.28. The fourth-order valence-corrected chi connectivity index (χ4v) is 2.49. The molecule has 3 rings (SSSR count). The first-order valence-corrected chi connectivity index (χ1v) is 6.81. The Labute approximate surface area is 115 Å². The molecule has 1 atom stereocenters. The summed E-state index contributed by atoms with van der Waals surface area (Å²) in [6.07, 6.45) is 2.08. The predicted molar refractivity (Wildman–Crippen MR) is 71.0 cm³/mol. The van der Waals surface area contributed by atoms with E-state index >= 15 is 0 Å². The Bertz CT molecular complexity index is 567. The van der Waals surface area contributed by atoms with Gasteiger partial charge in [-0.2, -0.15) is 0 Å². The summed E-state index contributed by atoms with van der Waals surface area (Å²) in [7, 11) is 0. The lowest BCUT2D eigenvalue weighted by molar-refractivity contribution is -0.138. The van der Waals surface area contributed by atoms with Crippen LogP contribution >= 0.6 is 0 Å². The smallest absolute Gasteiger partial charge is 0.305 e. The molecule has 1 aliphatic heterocycles. The van der Waals surface area contributed by atoms with E-state index in [1.807, 2.05) is 4.90 Å². The van der Waals surface area contributed by atoms with Gasteiger partial charge in [0.25, 0.3) is 5.56 Å². The molecular formula is C13H17N3O4. The molecule has 1 aromatic rings. The Balaban J connectivity index is 1.88. The first-order valence-electron chi connectivity index (χ1n) is 6.81. The quantitative estimate of drug-likeness (QED) is 0.824. The van der Waals surface area contributed by atoms with E-state index in [2.05, 4.69) is 9.97 Å². The largest absolute Gasteiger partial charge is 0.481 e. The summed E-state index contributed by atoms with van der Waals surface area (Å²) in [4.78, 5) is 31.8. The Kier molecular flexibility index (Phi) is 3.43. The summed E-state index contributed by atoms with van der Waals surface area (Å²) in [5.41, 5.74) is -0.183. The van der Waals surface area contributed by atoms with Gasteiger partial charge in [-0.3, -0.25) is 9.59 Å². The summed E-state index contributed by atoms with van der Waals surface area (Å²) in [6, 6.07) is 1.16. The van der Waals surface area contributed by atoms with E-state index in [4.69, 9.17) is 9.84 Å². The molecule has 1 aromatic heterocycles. The van der Waals surface area contributed by atoms with E-state index in [9.17, 15) is 9.59 Å². The van der Waals surface area contributed by atoms with Crippen molar-refractivity contribution in [3.05, 3.63) is 22.2 Å². The highest BCUT2D eigenvalue weighted by Gasteiger charge is 2.30. The molecular weight excluding hydrogens is 262 g/mol. The van der Waals surface area contributed by atoms with E-state index < -0.39 is 5.97 Å². The molecule has 0 aromatic carbocycles. The summed E-state index contributed by atoms with van der Waals surface area (Å²) >= 11 is 0. The van der Waals surface area contributed by atoms with Gasteiger partial charge in [0.05, 0.1) is 25.7 Å². The number of hydrogen-bond acceptors (Lipinski definition) is 5. The van der Waals surface area contributed by atoms with Crippen LogP contribution in [0.15, 0.2) is 10.9 Å². The number of hydrogen-bond donors (Lipinski definition) is 2. The first kappa shape index (κ1) is 13.1. The van der Waals surface area contributed by atoms with Gasteiger partial charge in [0.15, 0.2) is 0 Å². The van der Waals surface area contributed by atoms with Gasteiger partial charge in [0.1, 0.15) is 11.6 Å². The molecule has 1 saturated carbocycles. The van der Waals surface area contributed by atoms with Crippen molar-refractivity contribution in [2.45, 2.75) is 31.2 Å². The third-order valence-electron chi connectivity index (χ3n) is 3.64. The molecule has 2 heterocycles. The van der Waals surface area contributed by atoms with E-state index in [-0.39, 0.29) is 18.0 Å². The Morgan fingerprint density at radius 3 is 3.05 bits per heavy atom. The number of carbonyl (C=O) groups is 1. The highest BCUT2D eigenvalue weighted by Crippen LogP contribution is 2.38. The van der Waals surface area contributed by atoms with Gasteiger partial charge in [-0.05, 0) is 12.8 Å². The second-order valence-corrected chi connectivity index (χ2v) is 5.28. The van der Waals surface area contributed by atoms with Crippen LogP contribution in [0.4, 0.5) is 5.82 Å². The summed E-state index contributed by atoms with van der Waals surface area (Å²) < 4.78 is 5.34. The number of nitrogens with zero attached hydrogens (tertiary/aromatic N) is 2. The van der Waals surface area contributed by atoms with E-state index in [1.54, 1.807) is 0 Å². The van der Waals surface area contributed by atoms with Crippen molar-refractivity contribution < 1.29 is 14.6 Å². The van der Waals surface area contributed by atoms with E-state index in [1.165, 1.54) is 6.07 Å². The monoisotopic (exact) mass is 279 g/mol. The molecule has 20 heavy (non-hydrogen) atoms. The average Bonchev–Trinajstić information content (AvgIpc) is 3.22. The minimum atomic E-state index is -0.877. The standard InChI is InChI=1S/C13H17N3O4/c17-11-6-10(14-13(15-11)8-1-2-8)16-3-4-20-7-9(16)5-12(18)19/h6,8-9H,1-5,7H2,(H,18,19)(H,14,15,17). The molecule has 0 spiro atoms. The number of aromatic amines is 1. The van der Waals surface area contributed by atoms with Crippen molar-refractivity contribution in [1.29, 1.82) is 0 Å². The van der Waals surface area contributed by atoms with Crippen molar-refractivity contribution in [3.8, 4) is 0 Å². The molecule has 0 amide bonds. The summed E-state index contributed by atoms with van der Waals surface area (Å²) in [5.74, 6) is 0.748. The van der Waals surface area contributed by atoms with Crippen LogP contribution in [0.1, 0.15) is 31.0 Å². The second kappa shape index (κ2) is 5.24. The number of aliphatic carboxylic acids is 1. The Morgan fingerprint density at radius 2 is 2.35 bits per heavy atom. The van der Waals surface area contributed by atoms with Crippen LogP contribution in [-0.2, 0) is 9.53 Å². The zero-order valence-electron chi connectivity index (χ0n) is 11.0. The molecule has 0 bridgehead atoms. The first-order chi connectivity index (χ1) is 9.63. The molecule has 2 aliphatic rings. The van der Waals surface area contributed by atoms with Gasteiger partial charge >= 0.3 is 5.97 Å². The number of nitrogens with one attached hydrogen (secondary N) is 1. The SMILES string of the molecule is O=C(O)CC1COCCN1c1cc(=O)[nH]c(C2CC2)n1. The van der Waals surface area contributed by atoms with Gasteiger partial charge in [0, 0.05) is 18.5 Å². The molecule has 0 radical (unpaired) electrons. The molecule has 2 fully saturated rings. The van der Waals surface area contributed by atoms with Crippen LogP contribution in [0.25, 0.3) is 0 Å². The molecule has 108 valence electrons. The number of H-pyrrole nitrogens is 1. The maximum atomic E-state index is 11.7. The lowest BCUT2D eigenvalue weighted by atomic mass is 10.1. The number of carboxylic acids is 1. The number of aromatic nitrogens is 2. The van der Waals surface area contributed by atoms with Crippen molar-refractivity contribution in [1.82, 2.24) is 9.97 Å². The molecule has 7 nitrogen and oxygen atoms in total. The number of ether oxygens (including phenoxy) is 1. The number of morpholine rings is 1. The van der Waals surface area contributed by atoms with Gasteiger partial charge < -0.3 is 19.7 Å². The van der Waals surface area contributed by atoms with Crippen LogP contribution in [0.2, 0.25) is 0 Å². The fraction of sp³-hybridized carbons (Fsp3) is 0.615. The van der Waals surface area contributed by atoms with E-state index in [0.29, 0.717) is 37.3 Å². The van der Waals surface area contributed by atoms with Gasteiger partial charge in [0.2, 0.25) is 0 Å². The zero-order valence-corrected chi connectivity index (χ0v) is 11.0. The third kappa shape index (κ3) is 2.82. The van der Waals surface area contributed by atoms with Crippen LogP contribution in [0, 0.1) is 0 Å². The fourth-order valence-electron chi connectivity index (χ4n) is 2.49.